The van der Waals surface area contributed by atoms with Crippen LogP contribution in [0.1, 0.15) is 36.1 Å². The van der Waals surface area contributed by atoms with Gasteiger partial charge in [-0.25, -0.2) is 0 Å². The lowest BCUT2D eigenvalue weighted by Crippen LogP contribution is -2.17. The van der Waals surface area contributed by atoms with E-state index in [2.05, 4.69) is 6.58 Å². The molecule has 0 aromatic heterocycles. The fraction of sp³-hybridized carbons (Fsp3) is 0.304. The van der Waals surface area contributed by atoms with Crippen molar-refractivity contribution < 1.29 is 35.8 Å². The molecule has 166 valence electrons. The highest BCUT2D eigenvalue weighted by Crippen LogP contribution is 2.37. The highest BCUT2D eigenvalue weighted by atomic mass is 19.4. The predicted octanol–water partition coefficient (Wildman–Crippen LogP) is 6.83. The molecule has 2 aromatic rings. The Bertz CT molecular complexity index is 983. The summed E-state index contributed by atoms with van der Waals surface area (Å²) in [5.41, 5.74) is -1.87. The lowest BCUT2D eigenvalue weighted by Gasteiger charge is -2.18. The Kier molecular flexibility index (Phi) is 7.32. The maximum absolute atomic E-state index is 13.3. The number of allylic oxidation sites excluding steroid dienone is 1. The SMILES string of the molecule is C#Cc1ccc(OCC(C)COc2ccc(C(=C)C)c(C(F)(F)F)c2)cc1C(F)(F)F. The van der Waals surface area contributed by atoms with Gasteiger partial charge in [0.05, 0.1) is 24.3 Å². The fourth-order valence-corrected chi connectivity index (χ4v) is 2.72. The van der Waals surface area contributed by atoms with Crippen molar-refractivity contribution >= 4 is 5.57 Å². The summed E-state index contributed by atoms with van der Waals surface area (Å²) in [6.45, 7) is 6.70. The van der Waals surface area contributed by atoms with Gasteiger partial charge in [0.15, 0.2) is 0 Å². The van der Waals surface area contributed by atoms with E-state index in [-0.39, 0.29) is 47.3 Å². The number of hydrogen-bond donors (Lipinski definition) is 0. The molecule has 0 heterocycles. The van der Waals surface area contributed by atoms with Crippen molar-refractivity contribution in [2.75, 3.05) is 13.2 Å². The number of ether oxygens (including phenoxy) is 2. The highest BCUT2D eigenvalue weighted by molar-refractivity contribution is 5.66. The molecule has 0 aliphatic rings. The van der Waals surface area contributed by atoms with Gasteiger partial charge < -0.3 is 9.47 Å². The zero-order valence-corrected chi connectivity index (χ0v) is 16.8. The molecule has 0 aliphatic heterocycles. The lowest BCUT2D eigenvalue weighted by molar-refractivity contribution is -0.138. The van der Waals surface area contributed by atoms with E-state index < -0.39 is 23.5 Å². The number of halogens is 6. The van der Waals surface area contributed by atoms with Crippen molar-refractivity contribution in [2.45, 2.75) is 26.2 Å². The van der Waals surface area contributed by atoms with E-state index in [1.807, 2.05) is 5.92 Å². The third kappa shape index (κ3) is 6.45. The Morgan fingerprint density at radius 3 is 1.87 bits per heavy atom. The summed E-state index contributed by atoms with van der Waals surface area (Å²) in [5, 5.41) is 0. The fourth-order valence-electron chi connectivity index (χ4n) is 2.72. The molecule has 0 radical (unpaired) electrons. The molecule has 2 nitrogen and oxygen atoms in total. The number of hydrogen-bond acceptors (Lipinski definition) is 2. The van der Waals surface area contributed by atoms with Crippen LogP contribution in [0.25, 0.3) is 5.57 Å². The summed E-state index contributed by atoms with van der Waals surface area (Å²) < 4.78 is 89.8. The van der Waals surface area contributed by atoms with Crippen molar-refractivity contribution in [2.24, 2.45) is 5.92 Å². The van der Waals surface area contributed by atoms with Crippen LogP contribution < -0.4 is 9.47 Å². The van der Waals surface area contributed by atoms with E-state index in [4.69, 9.17) is 15.9 Å². The Balaban J connectivity index is 2.03. The highest BCUT2D eigenvalue weighted by Gasteiger charge is 2.34. The average molecular weight is 442 g/mol. The van der Waals surface area contributed by atoms with Gasteiger partial charge in [0.25, 0.3) is 0 Å². The van der Waals surface area contributed by atoms with Crippen LogP contribution in [0.3, 0.4) is 0 Å². The molecule has 0 N–H and O–H groups in total. The summed E-state index contributed by atoms with van der Waals surface area (Å²) in [4.78, 5) is 0. The molecular formula is C23H20F6O2. The van der Waals surface area contributed by atoms with Crippen LogP contribution in [0.4, 0.5) is 26.3 Å². The van der Waals surface area contributed by atoms with Crippen LogP contribution in [0.15, 0.2) is 43.0 Å². The van der Waals surface area contributed by atoms with Gasteiger partial charge in [-0.3, -0.25) is 0 Å². The largest absolute Gasteiger partial charge is 0.493 e. The molecule has 0 amide bonds. The molecule has 0 fully saturated rings. The summed E-state index contributed by atoms with van der Waals surface area (Å²) in [5.74, 6) is 1.65. The van der Waals surface area contributed by atoms with E-state index in [1.54, 1.807) is 6.92 Å². The Morgan fingerprint density at radius 1 is 0.935 bits per heavy atom. The second-order valence-electron chi connectivity index (χ2n) is 7.06. The van der Waals surface area contributed by atoms with Crippen LogP contribution >= 0.6 is 0 Å². The zero-order valence-electron chi connectivity index (χ0n) is 16.8. The molecule has 8 heteroatoms. The van der Waals surface area contributed by atoms with Gasteiger partial charge in [0.2, 0.25) is 0 Å². The Hall–Kier alpha value is -3.08. The first-order chi connectivity index (χ1) is 14.3. The second-order valence-corrected chi connectivity index (χ2v) is 7.06. The van der Waals surface area contributed by atoms with Crippen LogP contribution in [-0.4, -0.2) is 13.2 Å². The van der Waals surface area contributed by atoms with Crippen LogP contribution in [0.2, 0.25) is 0 Å². The van der Waals surface area contributed by atoms with Gasteiger partial charge in [-0.15, -0.1) is 6.42 Å². The van der Waals surface area contributed by atoms with Gasteiger partial charge in [-0.2, -0.15) is 26.3 Å². The molecular weight excluding hydrogens is 422 g/mol. The molecule has 0 saturated heterocycles. The molecule has 2 aromatic carbocycles. The van der Waals surface area contributed by atoms with Crippen molar-refractivity contribution in [1.29, 1.82) is 0 Å². The van der Waals surface area contributed by atoms with E-state index in [0.717, 1.165) is 18.2 Å². The minimum atomic E-state index is -4.62. The first-order valence-electron chi connectivity index (χ1n) is 9.13. The maximum atomic E-state index is 13.3. The van der Waals surface area contributed by atoms with Gasteiger partial charge in [0, 0.05) is 11.5 Å². The summed E-state index contributed by atoms with van der Waals surface area (Å²) in [6, 6.07) is 6.86. The monoisotopic (exact) mass is 442 g/mol. The van der Waals surface area contributed by atoms with Crippen molar-refractivity contribution in [3.63, 3.8) is 0 Å². The third-order valence-corrected chi connectivity index (χ3v) is 4.28. The number of alkyl halides is 6. The summed E-state index contributed by atoms with van der Waals surface area (Å²) >= 11 is 0. The molecule has 0 spiro atoms. The number of benzene rings is 2. The zero-order chi connectivity index (χ0) is 23.4. The number of rotatable bonds is 7. The second kappa shape index (κ2) is 9.38. The van der Waals surface area contributed by atoms with Gasteiger partial charge in [-0.05, 0) is 42.8 Å². The van der Waals surface area contributed by atoms with Crippen LogP contribution in [0.5, 0.6) is 11.5 Å². The van der Waals surface area contributed by atoms with E-state index in [0.29, 0.717) is 0 Å². The quantitative estimate of drug-likeness (QED) is 0.346. The summed E-state index contributed by atoms with van der Waals surface area (Å²) in [6.07, 6.45) is -4.09. The van der Waals surface area contributed by atoms with Gasteiger partial charge >= 0.3 is 12.4 Å². The standard InChI is InChI=1S/C23H20F6O2/c1-5-16-6-7-17(10-20(16)22(24,25)26)30-12-15(4)13-31-18-8-9-19(14(2)3)21(11-18)23(27,28)29/h1,6-11,15H,2,12-13H2,3-4H3. The first-order valence-corrected chi connectivity index (χ1v) is 9.13. The van der Waals surface area contributed by atoms with Crippen LogP contribution in [-0.2, 0) is 12.4 Å². The summed E-state index contributed by atoms with van der Waals surface area (Å²) in [7, 11) is 0. The lowest BCUT2D eigenvalue weighted by atomic mass is 10.0. The van der Waals surface area contributed by atoms with E-state index in [9.17, 15) is 26.3 Å². The molecule has 1 unspecified atom stereocenters. The predicted molar refractivity (Wildman–Crippen MR) is 106 cm³/mol. The molecule has 0 aliphatic carbocycles. The minimum absolute atomic E-state index is 0.00170. The van der Waals surface area contributed by atoms with Crippen molar-refractivity contribution in [3.05, 3.63) is 65.2 Å². The van der Waals surface area contributed by atoms with Gasteiger partial charge in [0.1, 0.15) is 11.5 Å². The molecule has 2 rings (SSSR count). The normalized spacial score (nSPS) is 12.7. The molecule has 1 atom stereocenters. The third-order valence-electron chi connectivity index (χ3n) is 4.28. The minimum Gasteiger partial charge on any atom is -0.493 e. The molecule has 0 saturated carbocycles. The van der Waals surface area contributed by atoms with E-state index >= 15 is 0 Å². The molecule has 0 bridgehead atoms. The smallest absolute Gasteiger partial charge is 0.417 e. The first kappa shape index (κ1) is 24.2. The van der Waals surface area contributed by atoms with Gasteiger partial charge in [-0.1, -0.05) is 31.1 Å². The van der Waals surface area contributed by atoms with Crippen molar-refractivity contribution in [1.82, 2.24) is 0 Å². The van der Waals surface area contributed by atoms with E-state index in [1.165, 1.54) is 25.1 Å². The Morgan fingerprint density at radius 2 is 1.42 bits per heavy atom. The maximum Gasteiger partial charge on any atom is 0.417 e. The topological polar surface area (TPSA) is 18.5 Å². The van der Waals surface area contributed by atoms with Crippen LogP contribution in [0, 0.1) is 18.3 Å². The van der Waals surface area contributed by atoms with Crippen molar-refractivity contribution in [3.8, 4) is 23.8 Å². The Labute approximate surface area is 176 Å². The number of terminal acetylenes is 1. The average Bonchev–Trinajstić information content (AvgIpc) is 2.68. The molecule has 31 heavy (non-hydrogen) atoms.